The summed E-state index contributed by atoms with van der Waals surface area (Å²) < 4.78 is 5.90. The molecule has 0 saturated heterocycles. The largest absolute Gasteiger partial charge is 2.00 e. The molecule has 0 heterocycles. The van der Waals surface area contributed by atoms with E-state index in [2.05, 4.69) is 25.7 Å². The summed E-state index contributed by atoms with van der Waals surface area (Å²) in [5.74, 6) is 0.947. The van der Waals surface area contributed by atoms with E-state index in [0.717, 1.165) is 5.92 Å². The van der Waals surface area contributed by atoms with Gasteiger partial charge in [-0.05, 0) is 84.4 Å². The fraction of sp³-hybridized carbons (Fsp3) is 0.312. The van der Waals surface area contributed by atoms with Crippen molar-refractivity contribution in [3.8, 4) is 6.07 Å². The predicted octanol–water partition coefficient (Wildman–Crippen LogP) is 3.54. The molecule has 0 amide bonds. The fourth-order valence-corrected chi connectivity index (χ4v) is 3.16. The van der Waals surface area contributed by atoms with Crippen molar-refractivity contribution in [3.05, 3.63) is 63.7 Å². The van der Waals surface area contributed by atoms with E-state index in [1.54, 1.807) is 0 Å². The van der Waals surface area contributed by atoms with Gasteiger partial charge in [-0.25, -0.2) is 0 Å². The van der Waals surface area contributed by atoms with Gasteiger partial charge in [0.1, 0.15) is 5.60 Å². The van der Waals surface area contributed by atoms with Gasteiger partial charge >= 0.3 is 17.1 Å². The number of hydrogen-bond donors (Lipinski definition) is 0. The van der Waals surface area contributed by atoms with Crippen LogP contribution in [0.5, 0.6) is 0 Å². The van der Waals surface area contributed by atoms with E-state index in [1.807, 2.05) is 64.7 Å². The summed E-state index contributed by atoms with van der Waals surface area (Å²) in [5.41, 5.74) is -0.784. The van der Waals surface area contributed by atoms with Crippen LogP contribution in [0, 0.1) is 75.0 Å². The van der Waals surface area contributed by atoms with Gasteiger partial charge in [-0.15, -0.1) is 0 Å². The first-order valence-electron chi connectivity index (χ1n) is 6.38. The summed E-state index contributed by atoms with van der Waals surface area (Å²) >= 11 is 0. The molecule has 20 heavy (non-hydrogen) atoms. The van der Waals surface area contributed by atoms with Crippen LogP contribution < -0.4 is 0 Å². The molecule has 0 aromatic carbocycles. The van der Waals surface area contributed by atoms with Gasteiger partial charge < -0.3 is 4.43 Å². The van der Waals surface area contributed by atoms with Gasteiger partial charge in [-0.3, -0.25) is 0 Å². The summed E-state index contributed by atoms with van der Waals surface area (Å²) in [4.78, 5) is 0. The van der Waals surface area contributed by atoms with Crippen molar-refractivity contribution in [2.24, 2.45) is 0 Å². The second-order valence-electron chi connectivity index (χ2n) is 5.50. The Hall–Kier alpha value is 0.186. The van der Waals surface area contributed by atoms with Crippen molar-refractivity contribution in [2.45, 2.75) is 32.2 Å². The van der Waals surface area contributed by atoms with Crippen molar-refractivity contribution >= 4 is 8.32 Å². The van der Waals surface area contributed by atoms with E-state index in [4.69, 9.17) is 9.69 Å². The van der Waals surface area contributed by atoms with E-state index in [0.29, 0.717) is 0 Å². The first kappa shape index (κ1) is 20.2. The Morgan fingerprint density at radius 2 is 1.35 bits per heavy atom. The maximum absolute atomic E-state index is 9.17. The molecule has 10 radical (unpaired) electrons. The Bertz CT molecular complexity index is 293. The minimum Gasteiger partial charge on any atom is -0.400 e. The Morgan fingerprint density at radius 1 is 0.950 bits per heavy atom. The molecule has 2 aliphatic carbocycles. The second kappa shape index (κ2) is 9.25. The van der Waals surface area contributed by atoms with Gasteiger partial charge in [0.25, 0.3) is 0 Å². The minimum absolute atomic E-state index is 0. The number of nitriles is 1. The SMILES string of the molecule is CC(C#N)(O[Si](C)(C)C)[C]1[CH][CH][CH][CH]1.[CH]1[CH][CH][CH][CH]1.[Fe+2]. The molecular weight excluding hydrogens is 306 g/mol. The van der Waals surface area contributed by atoms with E-state index in [-0.39, 0.29) is 17.1 Å². The quantitative estimate of drug-likeness (QED) is 0.743. The standard InChI is InChI=1S/C11H16NOSi.C5H5.Fe/c1-11(9-12,13-14(2,3)4)10-7-5-6-8-10;1-2-4-5-3-1;/h5-8H,1-4H3;1-5H;/q;;+2. The minimum atomic E-state index is -1.69. The summed E-state index contributed by atoms with van der Waals surface area (Å²) in [5, 5.41) is 9.17. The van der Waals surface area contributed by atoms with Crippen LogP contribution in [0.1, 0.15) is 6.92 Å². The first-order valence-corrected chi connectivity index (χ1v) is 9.78. The smallest absolute Gasteiger partial charge is 0.400 e. The predicted molar refractivity (Wildman–Crippen MR) is 80.4 cm³/mol. The summed E-state index contributed by atoms with van der Waals surface area (Å²) in [6.45, 7) is 8.10. The zero-order valence-corrected chi connectivity index (χ0v) is 14.5. The Balaban J connectivity index is 0.000000507. The van der Waals surface area contributed by atoms with Crippen molar-refractivity contribution in [2.75, 3.05) is 0 Å². The third-order valence-corrected chi connectivity index (χ3v) is 3.51. The van der Waals surface area contributed by atoms with Crippen LogP contribution >= 0.6 is 0 Å². The molecule has 0 aliphatic heterocycles. The number of hydrogen-bond acceptors (Lipinski definition) is 2. The molecule has 0 spiro atoms. The van der Waals surface area contributed by atoms with Crippen LogP contribution in [0.25, 0.3) is 0 Å². The topological polar surface area (TPSA) is 33.0 Å². The normalized spacial score (nSPS) is 22.1. The summed E-state index contributed by atoms with van der Waals surface area (Å²) in [6.07, 6.45) is 17.7. The van der Waals surface area contributed by atoms with Crippen LogP contribution in [-0.4, -0.2) is 13.9 Å². The molecule has 0 bridgehead atoms. The Kier molecular flexibility index (Phi) is 9.34. The molecule has 0 N–H and O–H groups in total. The molecule has 2 saturated carbocycles. The molecule has 2 fully saturated rings. The van der Waals surface area contributed by atoms with Crippen molar-refractivity contribution in [1.82, 2.24) is 0 Å². The van der Waals surface area contributed by atoms with Gasteiger partial charge in [0.05, 0.1) is 6.07 Å². The second-order valence-corrected chi connectivity index (χ2v) is 9.92. The van der Waals surface area contributed by atoms with Crippen LogP contribution in [0.3, 0.4) is 0 Å². The third-order valence-electron chi connectivity index (χ3n) is 2.49. The zero-order valence-electron chi connectivity index (χ0n) is 12.4. The molecule has 4 heteroatoms. The maximum atomic E-state index is 9.17. The van der Waals surface area contributed by atoms with Crippen molar-refractivity contribution < 1.29 is 21.5 Å². The maximum Gasteiger partial charge on any atom is 2.00 e. The van der Waals surface area contributed by atoms with Crippen molar-refractivity contribution in [3.63, 3.8) is 0 Å². The third kappa shape index (κ3) is 7.27. The fourth-order valence-electron chi connectivity index (χ4n) is 1.77. The molecular formula is C16H21FeNOSi+2. The molecule has 0 aromatic rings. The number of nitrogens with zero attached hydrogens (tertiary/aromatic N) is 1. The Morgan fingerprint density at radius 3 is 1.65 bits per heavy atom. The number of rotatable bonds is 3. The molecule has 2 nitrogen and oxygen atoms in total. The molecule has 2 rings (SSSR count). The van der Waals surface area contributed by atoms with Crippen LogP contribution in [0.2, 0.25) is 19.6 Å². The van der Waals surface area contributed by atoms with Crippen LogP contribution in [-0.2, 0) is 21.5 Å². The van der Waals surface area contributed by atoms with Gasteiger partial charge in [0, 0.05) is 5.92 Å². The van der Waals surface area contributed by atoms with Gasteiger partial charge in [-0.1, -0.05) is 0 Å². The average Bonchev–Trinajstić information content (AvgIpc) is 3.02. The molecule has 0 aromatic heterocycles. The molecule has 1 unspecified atom stereocenters. The van der Waals surface area contributed by atoms with Crippen LogP contribution in [0.15, 0.2) is 0 Å². The average molecular weight is 327 g/mol. The van der Waals surface area contributed by atoms with E-state index >= 15 is 0 Å². The Labute approximate surface area is 137 Å². The summed E-state index contributed by atoms with van der Waals surface area (Å²) in [7, 11) is -1.69. The van der Waals surface area contributed by atoms with Crippen molar-refractivity contribution in [1.29, 1.82) is 5.26 Å². The monoisotopic (exact) mass is 327 g/mol. The van der Waals surface area contributed by atoms with Gasteiger partial charge in [0.2, 0.25) is 0 Å². The molecule has 106 valence electrons. The zero-order chi connectivity index (χ0) is 14.4. The van der Waals surface area contributed by atoms with E-state index in [1.165, 1.54) is 0 Å². The van der Waals surface area contributed by atoms with E-state index < -0.39 is 13.9 Å². The van der Waals surface area contributed by atoms with Gasteiger partial charge in [0.15, 0.2) is 8.32 Å². The van der Waals surface area contributed by atoms with Crippen LogP contribution in [0.4, 0.5) is 0 Å². The summed E-state index contributed by atoms with van der Waals surface area (Å²) in [6, 6.07) is 2.25. The first-order chi connectivity index (χ1) is 8.87. The molecule has 1 atom stereocenters. The van der Waals surface area contributed by atoms with E-state index in [9.17, 15) is 0 Å². The van der Waals surface area contributed by atoms with Gasteiger partial charge in [-0.2, -0.15) is 5.26 Å². The molecule has 2 aliphatic rings.